The van der Waals surface area contributed by atoms with Gasteiger partial charge in [0, 0.05) is 15.5 Å². The summed E-state index contributed by atoms with van der Waals surface area (Å²) < 4.78 is 1.12. The first-order valence-corrected chi connectivity index (χ1v) is 7.99. The standard InChI is InChI=1S/C14H21ClIN3O/c1-14(2,13(17)19-20)7-3-4-8-18-12-6-5-10(16)9-11(12)15/h5-6,9,18,20H,3-4,7-8H2,1-2H3,(H2,17,19). The van der Waals surface area contributed by atoms with Gasteiger partial charge in [0.1, 0.15) is 5.84 Å². The van der Waals surface area contributed by atoms with Crippen LogP contribution < -0.4 is 11.1 Å². The van der Waals surface area contributed by atoms with Crippen LogP contribution in [0.3, 0.4) is 0 Å². The van der Waals surface area contributed by atoms with Crippen LogP contribution in [0.15, 0.2) is 23.4 Å². The zero-order chi connectivity index (χ0) is 15.2. The number of benzene rings is 1. The first-order chi connectivity index (χ1) is 9.36. The molecule has 0 heterocycles. The molecule has 0 saturated carbocycles. The fraction of sp³-hybridized carbons (Fsp3) is 0.500. The van der Waals surface area contributed by atoms with Crippen molar-refractivity contribution < 1.29 is 5.21 Å². The van der Waals surface area contributed by atoms with Crippen LogP contribution in [0.2, 0.25) is 5.02 Å². The molecule has 4 N–H and O–H groups in total. The highest BCUT2D eigenvalue weighted by Crippen LogP contribution is 2.25. The van der Waals surface area contributed by atoms with Gasteiger partial charge in [0.25, 0.3) is 0 Å². The third-order valence-electron chi connectivity index (χ3n) is 3.28. The van der Waals surface area contributed by atoms with Crippen LogP contribution in [-0.4, -0.2) is 17.6 Å². The summed E-state index contributed by atoms with van der Waals surface area (Å²) in [6, 6.07) is 5.95. The van der Waals surface area contributed by atoms with Crippen molar-refractivity contribution in [1.82, 2.24) is 0 Å². The summed E-state index contributed by atoms with van der Waals surface area (Å²) in [7, 11) is 0. The zero-order valence-corrected chi connectivity index (χ0v) is 14.7. The van der Waals surface area contributed by atoms with E-state index in [1.54, 1.807) is 0 Å². The van der Waals surface area contributed by atoms with Gasteiger partial charge in [0.05, 0.1) is 10.7 Å². The minimum Gasteiger partial charge on any atom is -0.409 e. The lowest BCUT2D eigenvalue weighted by molar-refractivity contribution is 0.304. The van der Waals surface area contributed by atoms with Gasteiger partial charge in [-0.2, -0.15) is 0 Å². The molecule has 0 aliphatic carbocycles. The minimum atomic E-state index is -0.269. The number of halogens is 2. The van der Waals surface area contributed by atoms with E-state index >= 15 is 0 Å². The number of amidine groups is 1. The lowest BCUT2D eigenvalue weighted by Gasteiger charge is -2.22. The van der Waals surface area contributed by atoms with Crippen LogP contribution in [0.5, 0.6) is 0 Å². The summed E-state index contributed by atoms with van der Waals surface area (Å²) >= 11 is 8.38. The van der Waals surface area contributed by atoms with Crippen molar-refractivity contribution in [3.8, 4) is 0 Å². The molecule has 0 radical (unpaired) electrons. The molecule has 1 aromatic carbocycles. The predicted octanol–water partition coefficient (Wildman–Crippen LogP) is 4.30. The Morgan fingerprint density at radius 3 is 2.75 bits per heavy atom. The van der Waals surface area contributed by atoms with Gasteiger partial charge in [-0.3, -0.25) is 0 Å². The number of unbranched alkanes of at least 4 members (excludes halogenated alkanes) is 1. The summed E-state index contributed by atoms with van der Waals surface area (Å²) in [5, 5.41) is 15.9. The van der Waals surface area contributed by atoms with E-state index in [2.05, 4.69) is 33.1 Å². The van der Waals surface area contributed by atoms with Gasteiger partial charge in [-0.1, -0.05) is 37.0 Å². The van der Waals surface area contributed by atoms with E-state index in [9.17, 15) is 0 Å². The maximum Gasteiger partial charge on any atom is 0.144 e. The molecular weight excluding hydrogens is 389 g/mol. The Kier molecular flexibility index (Phi) is 6.88. The summed E-state index contributed by atoms with van der Waals surface area (Å²) in [4.78, 5) is 0. The van der Waals surface area contributed by atoms with Crippen molar-refractivity contribution >= 4 is 45.7 Å². The summed E-state index contributed by atoms with van der Waals surface area (Å²) in [5.41, 5.74) is 6.35. The van der Waals surface area contributed by atoms with Gasteiger partial charge in [-0.15, -0.1) is 0 Å². The van der Waals surface area contributed by atoms with Crippen molar-refractivity contribution in [2.45, 2.75) is 33.1 Å². The Bertz CT molecular complexity index is 477. The van der Waals surface area contributed by atoms with Gasteiger partial charge >= 0.3 is 0 Å². The molecular formula is C14H21ClIN3O. The largest absolute Gasteiger partial charge is 0.409 e. The zero-order valence-electron chi connectivity index (χ0n) is 11.8. The number of hydrogen-bond acceptors (Lipinski definition) is 3. The van der Waals surface area contributed by atoms with E-state index in [0.717, 1.165) is 40.1 Å². The molecule has 0 bridgehead atoms. The van der Waals surface area contributed by atoms with E-state index in [-0.39, 0.29) is 11.3 Å². The number of nitrogens with zero attached hydrogens (tertiary/aromatic N) is 1. The molecule has 0 unspecified atom stereocenters. The van der Waals surface area contributed by atoms with Crippen molar-refractivity contribution in [2.75, 3.05) is 11.9 Å². The maximum absolute atomic E-state index is 8.71. The fourth-order valence-electron chi connectivity index (χ4n) is 1.81. The molecule has 0 aliphatic heterocycles. The summed E-state index contributed by atoms with van der Waals surface area (Å²) in [6.07, 6.45) is 2.88. The van der Waals surface area contributed by atoms with Crippen molar-refractivity contribution in [3.05, 3.63) is 26.8 Å². The Morgan fingerprint density at radius 2 is 2.15 bits per heavy atom. The Labute approximate surface area is 138 Å². The normalized spacial score (nSPS) is 12.5. The van der Waals surface area contributed by atoms with E-state index in [4.69, 9.17) is 22.5 Å². The lowest BCUT2D eigenvalue weighted by atomic mass is 9.86. The van der Waals surface area contributed by atoms with Crippen LogP contribution in [0.1, 0.15) is 33.1 Å². The monoisotopic (exact) mass is 409 g/mol. The number of nitrogens with two attached hydrogens (primary N) is 1. The molecule has 1 aromatic rings. The van der Waals surface area contributed by atoms with Gasteiger partial charge < -0.3 is 16.3 Å². The summed E-state index contributed by atoms with van der Waals surface area (Å²) in [6.45, 7) is 4.81. The van der Waals surface area contributed by atoms with Crippen LogP contribution in [0, 0.1) is 8.99 Å². The molecule has 4 nitrogen and oxygen atoms in total. The highest BCUT2D eigenvalue weighted by molar-refractivity contribution is 14.1. The topological polar surface area (TPSA) is 70.6 Å². The fourth-order valence-corrected chi connectivity index (χ4v) is 2.73. The first kappa shape index (κ1) is 17.4. The quantitative estimate of drug-likeness (QED) is 0.157. The average molecular weight is 410 g/mol. The van der Waals surface area contributed by atoms with Gasteiger partial charge in [-0.25, -0.2) is 0 Å². The Hall–Kier alpha value is -0.690. The molecule has 6 heteroatoms. The highest BCUT2D eigenvalue weighted by atomic mass is 127. The van der Waals surface area contributed by atoms with Gasteiger partial charge in [-0.05, 0) is 53.6 Å². The van der Waals surface area contributed by atoms with E-state index in [1.807, 2.05) is 32.0 Å². The van der Waals surface area contributed by atoms with Gasteiger partial charge in [0.2, 0.25) is 0 Å². The molecule has 1 rings (SSSR count). The molecule has 0 spiro atoms. The van der Waals surface area contributed by atoms with E-state index in [1.165, 1.54) is 0 Å². The van der Waals surface area contributed by atoms with Crippen molar-refractivity contribution in [1.29, 1.82) is 0 Å². The summed E-state index contributed by atoms with van der Waals surface area (Å²) in [5.74, 6) is 0.283. The van der Waals surface area contributed by atoms with Crippen molar-refractivity contribution in [2.24, 2.45) is 16.3 Å². The minimum absolute atomic E-state index is 0.269. The second-order valence-electron chi connectivity index (χ2n) is 5.38. The number of rotatable bonds is 7. The van der Waals surface area contributed by atoms with Crippen LogP contribution in [0.25, 0.3) is 0 Å². The molecule has 0 aromatic heterocycles. The number of nitrogens with one attached hydrogen (secondary N) is 1. The molecule has 0 atom stereocenters. The Balaban J connectivity index is 2.32. The predicted molar refractivity (Wildman–Crippen MR) is 93.7 cm³/mol. The molecule has 20 heavy (non-hydrogen) atoms. The SMILES string of the molecule is CC(C)(CCCCNc1ccc(I)cc1Cl)/C(N)=N/O. The number of hydrogen-bond donors (Lipinski definition) is 3. The van der Waals surface area contributed by atoms with E-state index < -0.39 is 0 Å². The maximum atomic E-state index is 8.71. The molecule has 0 aliphatic rings. The number of anilines is 1. The molecule has 0 amide bonds. The van der Waals surface area contributed by atoms with Crippen molar-refractivity contribution in [3.63, 3.8) is 0 Å². The third-order valence-corrected chi connectivity index (χ3v) is 4.26. The second kappa shape index (κ2) is 7.93. The van der Waals surface area contributed by atoms with Gasteiger partial charge in [0.15, 0.2) is 0 Å². The highest BCUT2D eigenvalue weighted by Gasteiger charge is 2.22. The Morgan fingerprint density at radius 1 is 1.45 bits per heavy atom. The average Bonchev–Trinajstić information content (AvgIpc) is 2.39. The molecule has 0 fully saturated rings. The number of oxime groups is 1. The van der Waals surface area contributed by atoms with E-state index in [0.29, 0.717) is 0 Å². The molecule has 0 saturated heterocycles. The van der Waals surface area contributed by atoms with Crippen LogP contribution in [-0.2, 0) is 0 Å². The second-order valence-corrected chi connectivity index (χ2v) is 7.03. The smallest absolute Gasteiger partial charge is 0.144 e. The first-order valence-electron chi connectivity index (χ1n) is 6.54. The van der Waals surface area contributed by atoms with Crippen LogP contribution >= 0.6 is 34.2 Å². The molecule has 112 valence electrons. The van der Waals surface area contributed by atoms with Crippen LogP contribution in [0.4, 0.5) is 5.69 Å². The lowest BCUT2D eigenvalue weighted by Crippen LogP contribution is -2.31. The third kappa shape index (κ3) is 5.36.